The SMILES string of the molecule is CC.CC.CC(C)c1ccn2c1OCCC2. The molecule has 94 valence electrons. The monoisotopic (exact) mass is 225 g/mol. The minimum absolute atomic E-state index is 0.569. The fourth-order valence-corrected chi connectivity index (χ4v) is 1.66. The molecule has 0 amide bonds. The summed E-state index contributed by atoms with van der Waals surface area (Å²) in [4.78, 5) is 0. The van der Waals surface area contributed by atoms with Gasteiger partial charge >= 0.3 is 0 Å². The highest BCUT2D eigenvalue weighted by atomic mass is 16.5. The minimum atomic E-state index is 0.569. The Bertz CT molecular complexity index is 276. The zero-order valence-corrected chi connectivity index (χ0v) is 11.7. The molecule has 0 spiro atoms. The van der Waals surface area contributed by atoms with Crippen molar-refractivity contribution < 1.29 is 4.74 Å². The molecule has 0 bridgehead atoms. The van der Waals surface area contributed by atoms with Gasteiger partial charge in [-0.05, 0) is 18.4 Å². The molecule has 0 saturated heterocycles. The first kappa shape index (κ1) is 15.1. The summed E-state index contributed by atoms with van der Waals surface area (Å²) >= 11 is 0. The Kier molecular flexibility index (Phi) is 7.78. The topological polar surface area (TPSA) is 14.2 Å². The van der Waals surface area contributed by atoms with E-state index in [1.54, 1.807) is 0 Å². The van der Waals surface area contributed by atoms with Crippen molar-refractivity contribution >= 4 is 0 Å². The van der Waals surface area contributed by atoms with Crippen molar-refractivity contribution in [3.8, 4) is 5.88 Å². The molecular formula is C14H27NO. The molecular weight excluding hydrogens is 198 g/mol. The van der Waals surface area contributed by atoms with Gasteiger partial charge in [-0.3, -0.25) is 0 Å². The van der Waals surface area contributed by atoms with Crippen LogP contribution in [0.3, 0.4) is 0 Å². The van der Waals surface area contributed by atoms with Crippen LogP contribution in [0.2, 0.25) is 0 Å². The maximum Gasteiger partial charge on any atom is 0.196 e. The predicted molar refractivity (Wildman–Crippen MR) is 71.3 cm³/mol. The van der Waals surface area contributed by atoms with Gasteiger partial charge < -0.3 is 9.30 Å². The Hall–Kier alpha value is -0.920. The van der Waals surface area contributed by atoms with Crippen LogP contribution in [0.5, 0.6) is 5.88 Å². The Balaban J connectivity index is 0.000000509. The Morgan fingerprint density at radius 2 is 1.81 bits per heavy atom. The lowest BCUT2D eigenvalue weighted by Gasteiger charge is -2.18. The minimum Gasteiger partial charge on any atom is -0.479 e. The highest BCUT2D eigenvalue weighted by molar-refractivity contribution is 5.31. The number of fused-ring (bicyclic) bond motifs is 1. The molecule has 1 aromatic heterocycles. The van der Waals surface area contributed by atoms with E-state index in [9.17, 15) is 0 Å². The van der Waals surface area contributed by atoms with Crippen LogP contribution < -0.4 is 4.74 Å². The summed E-state index contributed by atoms with van der Waals surface area (Å²) in [5.74, 6) is 1.66. The van der Waals surface area contributed by atoms with Crippen LogP contribution in [0, 0.1) is 0 Å². The van der Waals surface area contributed by atoms with E-state index in [0.717, 1.165) is 25.5 Å². The molecule has 0 aromatic carbocycles. The fraction of sp³-hybridized carbons (Fsp3) is 0.714. The van der Waals surface area contributed by atoms with Crippen molar-refractivity contribution in [1.82, 2.24) is 4.57 Å². The van der Waals surface area contributed by atoms with Crippen molar-refractivity contribution in [3.63, 3.8) is 0 Å². The number of rotatable bonds is 1. The lowest BCUT2D eigenvalue weighted by atomic mass is 10.1. The third-order valence-electron chi connectivity index (χ3n) is 2.35. The molecule has 2 heteroatoms. The molecule has 0 saturated carbocycles. The van der Waals surface area contributed by atoms with E-state index in [4.69, 9.17) is 4.74 Å². The van der Waals surface area contributed by atoms with E-state index in [-0.39, 0.29) is 0 Å². The van der Waals surface area contributed by atoms with Gasteiger partial charge in [0.05, 0.1) is 6.61 Å². The van der Waals surface area contributed by atoms with Gasteiger partial charge in [0.25, 0.3) is 0 Å². The number of aromatic nitrogens is 1. The highest BCUT2D eigenvalue weighted by Crippen LogP contribution is 2.29. The molecule has 0 radical (unpaired) electrons. The first-order chi connectivity index (χ1) is 7.79. The maximum absolute atomic E-state index is 5.62. The molecule has 0 atom stereocenters. The molecule has 0 N–H and O–H groups in total. The predicted octanol–water partition coefficient (Wildman–Crippen LogP) is 4.45. The normalized spacial score (nSPS) is 12.7. The Labute approximate surface area is 101 Å². The van der Waals surface area contributed by atoms with Crippen molar-refractivity contribution in [1.29, 1.82) is 0 Å². The summed E-state index contributed by atoms with van der Waals surface area (Å²) < 4.78 is 7.83. The summed E-state index contributed by atoms with van der Waals surface area (Å²) in [6.07, 6.45) is 3.27. The second-order valence-corrected chi connectivity index (χ2v) is 3.63. The molecule has 0 unspecified atom stereocenters. The molecule has 1 aliphatic rings. The summed E-state index contributed by atoms with van der Waals surface area (Å²) in [7, 11) is 0. The second-order valence-electron chi connectivity index (χ2n) is 3.63. The summed E-state index contributed by atoms with van der Waals surface area (Å²) in [5, 5.41) is 0. The first-order valence-corrected chi connectivity index (χ1v) is 6.61. The van der Waals surface area contributed by atoms with E-state index in [0.29, 0.717) is 5.92 Å². The number of ether oxygens (including phenoxy) is 1. The number of hydrogen-bond acceptors (Lipinski definition) is 1. The summed E-state index contributed by atoms with van der Waals surface area (Å²) in [6, 6.07) is 2.17. The molecule has 2 rings (SSSR count). The van der Waals surface area contributed by atoms with E-state index >= 15 is 0 Å². The van der Waals surface area contributed by atoms with Gasteiger partial charge in [0.2, 0.25) is 0 Å². The number of aryl methyl sites for hydroxylation is 1. The smallest absolute Gasteiger partial charge is 0.196 e. The van der Waals surface area contributed by atoms with E-state index in [1.165, 1.54) is 5.56 Å². The molecule has 1 aromatic rings. The molecule has 1 aliphatic heterocycles. The van der Waals surface area contributed by atoms with Gasteiger partial charge in [0.1, 0.15) is 0 Å². The van der Waals surface area contributed by atoms with Crippen molar-refractivity contribution in [3.05, 3.63) is 17.8 Å². The molecule has 2 heterocycles. The van der Waals surface area contributed by atoms with Crippen molar-refractivity contribution in [2.24, 2.45) is 0 Å². The van der Waals surface area contributed by atoms with E-state index < -0.39 is 0 Å². The largest absolute Gasteiger partial charge is 0.479 e. The van der Waals surface area contributed by atoms with Crippen LogP contribution in [0.1, 0.15) is 59.4 Å². The van der Waals surface area contributed by atoms with Gasteiger partial charge in [-0.2, -0.15) is 0 Å². The molecule has 0 fully saturated rings. The summed E-state index contributed by atoms with van der Waals surface area (Å²) in [5.41, 5.74) is 1.34. The van der Waals surface area contributed by atoms with E-state index in [2.05, 4.69) is 30.7 Å². The van der Waals surface area contributed by atoms with Gasteiger partial charge in [-0.1, -0.05) is 41.5 Å². The third kappa shape index (κ3) is 3.58. The first-order valence-electron chi connectivity index (χ1n) is 6.61. The van der Waals surface area contributed by atoms with Crippen LogP contribution in [0.15, 0.2) is 12.3 Å². The molecule has 2 nitrogen and oxygen atoms in total. The van der Waals surface area contributed by atoms with Gasteiger partial charge in [-0.25, -0.2) is 0 Å². The highest BCUT2D eigenvalue weighted by Gasteiger charge is 2.15. The zero-order valence-electron chi connectivity index (χ0n) is 11.7. The lowest BCUT2D eigenvalue weighted by Crippen LogP contribution is -2.14. The van der Waals surface area contributed by atoms with Crippen molar-refractivity contribution in [2.75, 3.05) is 6.61 Å². The van der Waals surface area contributed by atoms with Crippen LogP contribution in [0.4, 0.5) is 0 Å². The second kappa shape index (κ2) is 8.26. The summed E-state index contributed by atoms with van der Waals surface area (Å²) in [6.45, 7) is 14.4. The maximum atomic E-state index is 5.62. The fourth-order valence-electron chi connectivity index (χ4n) is 1.66. The van der Waals surface area contributed by atoms with E-state index in [1.807, 2.05) is 27.7 Å². The van der Waals surface area contributed by atoms with Gasteiger partial charge in [-0.15, -0.1) is 0 Å². The van der Waals surface area contributed by atoms with Crippen molar-refractivity contribution in [2.45, 2.75) is 60.4 Å². The Morgan fingerprint density at radius 3 is 2.38 bits per heavy atom. The van der Waals surface area contributed by atoms with Crippen LogP contribution in [-0.4, -0.2) is 11.2 Å². The lowest BCUT2D eigenvalue weighted by molar-refractivity contribution is 0.238. The molecule has 0 aliphatic carbocycles. The van der Waals surface area contributed by atoms with Gasteiger partial charge in [0.15, 0.2) is 5.88 Å². The zero-order chi connectivity index (χ0) is 12.6. The Morgan fingerprint density at radius 1 is 1.19 bits per heavy atom. The quantitative estimate of drug-likeness (QED) is 0.689. The van der Waals surface area contributed by atoms with Gasteiger partial charge in [0, 0.05) is 18.3 Å². The number of hydrogen-bond donors (Lipinski definition) is 0. The number of nitrogens with zero attached hydrogens (tertiary/aromatic N) is 1. The average molecular weight is 225 g/mol. The standard InChI is InChI=1S/C10H15NO.2C2H6/c1-8(2)9-4-6-11-5-3-7-12-10(9)11;2*1-2/h4,6,8H,3,5,7H2,1-2H3;2*1-2H3. The third-order valence-corrected chi connectivity index (χ3v) is 2.35. The molecule has 16 heavy (non-hydrogen) atoms. The average Bonchev–Trinajstić information content (AvgIpc) is 2.78. The van der Waals surface area contributed by atoms with Crippen LogP contribution in [0.25, 0.3) is 0 Å². The van der Waals surface area contributed by atoms with Crippen LogP contribution in [-0.2, 0) is 6.54 Å². The van der Waals surface area contributed by atoms with Crippen LogP contribution >= 0.6 is 0 Å².